The number of nitrogens with one attached hydrogen (secondary N) is 1. The summed E-state index contributed by atoms with van der Waals surface area (Å²) in [4.78, 5) is 11.2. The Bertz CT molecular complexity index is 580. The fourth-order valence-corrected chi connectivity index (χ4v) is 3.81. The molecule has 5 nitrogen and oxygen atoms in total. The summed E-state index contributed by atoms with van der Waals surface area (Å²) in [6, 6.07) is 6.33. The zero-order valence-corrected chi connectivity index (χ0v) is 12.2. The van der Waals surface area contributed by atoms with Gasteiger partial charge in [0.15, 0.2) is 0 Å². The van der Waals surface area contributed by atoms with Gasteiger partial charge < -0.3 is 5.11 Å². The summed E-state index contributed by atoms with van der Waals surface area (Å²) in [6.45, 7) is 1.89. The van der Waals surface area contributed by atoms with E-state index in [1.807, 2.05) is 6.92 Å². The molecule has 1 saturated carbocycles. The van der Waals surface area contributed by atoms with Gasteiger partial charge >= 0.3 is 5.97 Å². The largest absolute Gasteiger partial charge is 0.481 e. The fourth-order valence-electron chi connectivity index (χ4n) is 2.53. The first-order valence-corrected chi connectivity index (χ1v) is 8.18. The first-order valence-electron chi connectivity index (χ1n) is 6.70. The zero-order valence-electron chi connectivity index (χ0n) is 11.4. The predicted octanol–water partition coefficient (Wildman–Crippen LogP) is 1.92. The maximum atomic E-state index is 12.2. The number of hydrogen-bond acceptors (Lipinski definition) is 3. The van der Waals surface area contributed by atoms with E-state index < -0.39 is 21.9 Å². The fraction of sp³-hybridized carbons (Fsp3) is 0.500. The Morgan fingerprint density at radius 2 is 1.90 bits per heavy atom. The molecule has 0 saturated heterocycles. The van der Waals surface area contributed by atoms with E-state index in [9.17, 15) is 13.2 Å². The highest BCUT2D eigenvalue weighted by Crippen LogP contribution is 2.25. The van der Waals surface area contributed by atoms with Crippen molar-refractivity contribution in [2.45, 2.75) is 43.5 Å². The first-order chi connectivity index (χ1) is 9.38. The van der Waals surface area contributed by atoms with Crippen LogP contribution in [0.15, 0.2) is 29.2 Å². The number of sulfonamides is 1. The van der Waals surface area contributed by atoms with Gasteiger partial charge in [0, 0.05) is 6.04 Å². The van der Waals surface area contributed by atoms with E-state index in [1.54, 1.807) is 24.3 Å². The topological polar surface area (TPSA) is 83.5 Å². The van der Waals surface area contributed by atoms with Gasteiger partial charge in [0.05, 0.1) is 10.8 Å². The average Bonchev–Trinajstić information content (AvgIpc) is 2.39. The quantitative estimate of drug-likeness (QED) is 0.889. The number of carboxylic acids is 1. The molecule has 2 rings (SSSR count). The third-order valence-electron chi connectivity index (χ3n) is 3.68. The van der Waals surface area contributed by atoms with E-state index in [0.717, 1.165) is 12.0 Å². The Morgan fingerprint density at radius 3 is 2.50 bits per heavy atom. The molecular formula is C14H19NO4S. The highest BCUT2D eigenvalue weighted by Gasteiger charge is 2.29. The van der Waals surface area contributed by atoms with Crippen molar-refractivity contribution < 1.29 is 18.3 Å². The molecule has 1 aliphatic carbocycles. The number of carboxylic acid groups (broad SMARTS) is 1. The van der Waals surface area contributed by atoms with E-state index in [4.69, 9.17) is 5.11 Å². The zero-order chi connectivity index (χ0) is 14.8. The highest BCUT2D eigenvalue weighted by atomic mass is 32.2. The number of aryl methyl sites for hydroxylation is 1. The molecule has 2 N–H and O–H groups in total. The van der Waals surface area contributed by atoms with E-state index in [0.29, 0.717) is 19.3 Å². The summed E-state index contributed by atoms with van der Waals surface area (Å²) < 4.78 is 27.1. The van der Waals surface area contributed by atoms with E-state index in [1.165, 1.54) is 0 Å². The molecule has 0 unspecified atom stereocenters. The molecule has 1 aliphatic rings. The smallest absolute Gasteiger partial charge is 0.306 e. The van der Waals surface area contributed by atoms with Crippen molar-refractivity contribution in [3.8, 4) is 0 Å². The van der Waals surface area contributed by atoms with Crippen LogP contribution in [0.1, 0.15) is 31.2 Å². The molecule has 1 fully saturated rings. The second-order valence-corrected chi connectivity index (χ2v) is 7.05. The van der Waals surface area contributed by atoms with Crippen LogP contribution in [0.2, 0.25) is 0 Å². The molecular weight excluding hydrogens is 278 g/mol. The Morgan fingerprint density at radius 1 is 1.25 bits per heavy atom. The Balaban J connectivity index is 2.08. The van der Waals surface area contributed by atoms with Crippen molar-refractivity contribution in [1.82, 2.24) is 4.72 Å². The van der Waals surface area contributed by atoms with Crippen LogP contribution in [0, 0.1) is 12.8 Å². The molecule has 6 heteroatoms. The molecule has 1 aromatic carbocycles. The van der Waals surface area contributed by atoms with Gasteiger partial charge in [-0.15, -0.1) is 0 Å². The van der Waals surface area contributed by atoms with Gasteiger partial charge in [-0.2, -0.15) is 0 Å². The molecule has 20 heavy (non-hydrogen) atoms. The Kier molecular flexibility index (Phi) is 4.45. The van der Waals surface area contributed by atoms with E-state index in [2.05, 4.69) is 4.72 Å². The van der Waals surface area contributed by atoms with E-state index >= 15 is 0 Å². The summed E-state index contributed by atoms with van der Waals surface area (Å²) in [6.07, 6.45) is 2.41. The standard InChI is InChI=1S/C14H19NO4S/c1-10-5-7-13(8-6-10)20(18,19)15-12-4-2-3-11(9-12)14(16)17/h5-8,11-12,15H,2-4,9H2,1H3,(H,16,17)/t11-,12+/m0/s1. The van der Waals surface area contributed by atoms with Gasteiger partial charge in [0.1, 0.15) is 0 Å². The molecule has 0 aromatic heterocycles. The molecule has 0 heterocycles. The lowest BCUT2D eigenvalue weighted by molar-refractivity contribution is -0.143. The molecule has 0 spiro atoms. The summed E-state index contributed by atoms with van der Waals surface area (Å²) in [7, 11) is -3.57. The molecule has 0 aliphatic heterocycles. The van der Waals surface area contributed by atoms with Crippen LogP contribution >= 0.6 is 0 Å². The van der Waals surface area contributed by atoms with Gasteiger partial charge in [-0.3, -0.25) is 4.79 Å². The highest BCUT2D eigenvalue weighted by molar-refractivity contribution is 7.89. The lowest BCUT2D eigenvalue weighted by atomic mass is 9.86. The minimum Gasteiger partial charge on any atom is -0.481 e. The Labute approximate surface area is 119 Å². The minimum atomic E-state index is -3.57. The molecule has 0 bridgehead atoms. The first kappa shape index (κ1) is 15.0. The molecule has 0 amide bonds. The van der Waals surface area contributed by atoms with Crippen LogP contribution in [0.3, 0.4) is 0 Å². The molecule has 0 radical (unpaired) electrons. The summed E-state index contributed by atoms with van der Waals surface area (Å²) in [5.41, 5.74) is 0.993. The van der Waals surface area contributed by atoms with Crippen molar-refractivity contribution in [2.24, 2.45) is 5.92 Å². The second kappa shape index (κ2) is 5.93. The predicted molar refractivity (Wildman–Crippen MR) is 74.9 cm³/mol. The summed E-state index contributed by atoms with van der Waals surface area (Å²) in [5.74, 6) is -1.29. The van der Waals surface area contributed by atoms with Crippen molar-refractivity contribution >= 4 is 16.0 Å². The monoisotopic (exact) mass is 297 g/mol. The SMILES string of the molecule is Cc1ccc(S(=O)(=O)N[C@@H]2CCC[C@H](C(=O)O)C2)cc1. The second-order valence-electron chi connectivity index (χ2n) is 5.33. The summed E-state index contributed by atoms with van der Waals surface area (Å²) >= 11 is 0. The van der Waals surface area contributed by atoms with Crippen molar-refractivity contribution in [1.29, 1.82) is 0 Å². The normalized spacial score (nSPS) is 23.4. The third kappa shape index (κ3) is 3.58. The molecule has 1 aromatic rings. The average molecular weight is 297 g/mol. The van der Waals surface area contributed by atoms with Crippen LogP contribution in [-0.2, 0) is 14.8 Å². The minimum absolute atomic E-state index is 0.223. The van der Waals surface area contributed by atoms with Crippen LogP contribution in [-0.4, -0.2) is 25.5 Å². The van der Waals surface area contributed by atoms with Crippen molar-refractivity contribution in [3.05, 3.63) is 29.8 Å². The molecule has 2 atom stereocenters. The van der Waals surface area contributed by atoms with Crippen LogP contribution in [0.5, 0.6) is 0 Å². The van der Waals surface area contributed by atoms with Crippen LogP contribution in [0.25, 0.3) is 0 Å². The van der Waals surface area contributed by atoms with Gasteiger partial charge in [-0.05, 0) is 38.3 Å². The number of aliphatic carboxylic acids is 1. The number of rotatable bonds is 4. The number of benzene rings is 1. The lowest BCUT2D eigenvalue weighted by Crippen LogP contribution is -2.39. The molecule has 110 valence electrons. The van der Waals surface area contributed by atoms with Gasteiger partial charge in [0.25, 0.3) is 0 Å². The number of carbonyl (C=O) groups is 1. The van der Waals surface area contributed by atoms with Crippen LogP contribution in [0.4, 0.5) is 0 Å². The lowest BCUT2D eigenvalue weighted by Gasteiger charge is -2.27. The number of hydrogen-bond donors (Lipinski definition) is 2. The Hall–Kier alpha value is -1.40. The van der Waals surface area contributed by atoms with E-state index in [-0.39, 0.29) is 10.9 Å². The van der Waals surface area contributed by atoms with Crippen molar-refractivity contribution in [3.63, 3.8) is 0 Å². The maximum absolute atomic E-state index is 12.2. The van der Waals surface area contributed by atoms with Gasteiger partial charge in [-0.1, -0.05) is 24.1 Å². The third-order valence-corrected chi connectivity index (χ3v) is 5.21. The van der Waals surface area contributed by atoms with Gasteiger partial charge in [0.2, 0.25) is 10.0 Å². The van der Waals surface area contributed by atoms with Gasteiger partial charge in [-0.25, -0.2) is 13.1 Å². The van der Waals surface area contributed by atoms with Crippen molar-refractivity contribution in [2.75, 3.05) is 0 Å². The maximum Gasteiger partial charge on any atom is 0.306 e. The summed E-state index contributed by atoms with van der Waals surface area (Å²) in [5, 5.41) is 9.02. The van der Waals surface area contributed by atoms with Crippen LogP contribution < -0.4 is 4.72 Å².